The van der Waals surface area contributed by atoms with Gasteiger partial charge in [-0.15, -0.1) is 0 Å². The van der Waals surface area contributed by atoms with Crippen molar-refractivity contribution in [2.45, 2.75) is 25.6 Å². The molecule has 0 fully saturated rings. The SMILES string of the molecule is COc1ccc(C(C)=O)cc1CS(=O)(=O)CC(=O)N[C@H](C)c1ccccc1. The van der Waals surface area contributed by atoms with Crippen LogP contribution in [0.1, 0.15) is 41.4 Å². The summed E-state index contributed by atoms with van der Waals surface area (Å²) in [6.45, 7) is 3.19. The highest BCUT2D eigenvalue weighted by Crippen LogP contribution is 2.23. The number of benzene rings is 2. The number of ketones is 1. The fraction of sp³-hybridized carbons (Fsp3) is 0.300. The smallest absolute Gasteiger partial charge is 0.235 e. The summed E-state index contributed by atoms with van der Waals surface area (Å²) in [5, 5.41) is 2.69. The Labute approximate surface area is 159 Å². The molecule has 0 aromatic heterocycles. The van der Waals surface area contributed by atoms with Crippen molar-refractivity contribution in [1.29, 1.82) is 0 Å². The predicted molar refractivity (Wildman–Crippen MR) is 103 cm³/mol. The minimum absolute atomic E-state index is 0.175. The normalized spacial score (nSPS) is 12.3. The molecule has 2 aromatic carbocycles. The number of Topliss-reactive ketones (excluding diaryl/α,β-unsaturated/α-hetero) is 1. The Morgan fingerprint density at radius 2 is 1.78 bits per heavy atom. The Morgan fingerprint density at radius 1 is 1.11 bits per heavy atom. The molecule has 144 valence electrons. The summed E-state index contributed by atoms with van der Waals surface area (Å²) >= 11 is 0. The van der Waals surface area contributed by atoms with Crippen LogP contribution in [0.15, 0.2) is 48.5 Å². The van der Waals surface area contributed by atoms with Gasteiger partial charge in [-0.2, -0.15) is 0 Å². The van der Waals surface area contributed by atoms with Crippen molar-refractivity contribution < 1.29 is 22.7 Å². The lowest BCUT2D eigenvalue weighted by molar-refractivity contribution is -0.119. The van der Waals surface area contributed by atoms with E-state index in [1.54, 1.807) is 19.1 Å². The van der Waals surface area contributed by atoms with Gasteiger partial charge in [0.1, 0.15) is 11.5 Å². The molecule has 0 bridgehead atoms. The summed E-state index contributed by atoms with van der Waals surface area (Å²) < 4.78 is 30.1. The zero-order valence-electron chi connectivity index (χ0n) is 15.6. The highest BCUT2D eigenvalue weighted by molar-refractivity contribution is 7.91. The number of amides is 1. The summed E-state index contributed by atoms with van der Waals surface area (Å²) in [5.41, 5.74) is 1.64. The van der Waals surface area contributed by atoms with Gasteiger partial charge in [0.15, 0.2) is 15.6 Å². The Morgan fingerprint density at radius 3 is 2.37 bits per heavy atom. The number of sulfone groups is 1. The highest BCUT2D eigenvalue weighted by atomic mass is 32.2. The number of carbonyl (C=O) groups excluding carboxylic acids is 2. The van der Waals surface area contributed by atoms with E-state index in [1.807, 2.05) is 30.3 Å². The highest BCUT2D eigenvalue weighted by Gasteiger charge is 2.21. The maximum Gasteiger partial charge on any atom is 0.235 e. The van der Waals surface area contributed by atoms with Gasteiger partial charge in [0, 0.05) is 11.1 Å². The lowest BCUT2D eigenvalue weighted by atomic mass is 10.1. The molecule has 0 heterocycles. The standard InChI is InChI=1S/C20H23NO5S/c1-14(16-7-5-4-6-8-16)21-20(23)13-27(24,25)12-18-11-17(15(2)22)9-10-19(18)26-3/h4-11,14H,12-13H2,1-3H3,(H,21,23)/t14-/m1/s1. The number of rotatable bonds is 8. The number of methoxy groups -OCH3 is 1. The van der Waals surface area contributed by atoms with Crippen LogP contribution in [0, 0.1) is 0 Å². The molecule has 2 aromatic rings. The van der Waals surface area contributed by atoms with Gasteiger partial charge in [-0.3, -0.25) is 9.59 Å². The first-order valence-corrected chi connectivity index (χ1v) is 10.3. The van der Waals surface area contributed by atoms with Crippen molar-refractivity contribution in [3.63, 3.8) is 0 Å². The monoisotopic (exact) mass is 389 g/mol. The molecule has 0 radical (unpaired) electrons. The molecule has 2 rings (SSSR count). The molecule has 0 saturated heterocycles. The molecule has 6 nitrogen and oxygen atoms in total. The first kappa shape index (κ1) is 20.6. The van der Waals surface area contributed by atoms with Crippen LogP contribution in [0.25, 0.3) is 0 Å². The number of hydrogen-bond acceptors (Lipinski definition) is 5. The molecule has 1 N–H and O–H groups in total. The molecule has 0 aliphatic rings. The van der Waals surface area contributed by atoms with E-state index in [9.17, 15) is 18.0 Å². The second-order valence-electron chi connectivity index (χ2n) is 6.31. The summed E-state index contributed by atoms with van der Waals surface area (Å²) in [6.07, 6.45) is 0. The quantitative estimate of drug-likeness (QED) is 0.701. The van der Waals surface area contributed by atoms with Crippen molar-refractivity contribution in [1.82, 2.24) is 5.32 Å². The first-order valence-electron chi connectivity index (χ1n) is 8.44. The number of carbonyl (C=O) groups is 2. The molecule has 1 atom stereocenters. The lowest BCUT2D eigenvalue weighted by Crippen LogP contribution is -2.32. The summed E-state index contributed by atoms with van der Waals surface area (Å²) in [5.74, 6) is -1.41. The second kappa shape index (κ2) is 8.81. The Kier molecular flexibility index (Phi) is 6.74. The summed E-state index contributed by atoms with van der Waals surface area (Å²) in [6, 6.07) is 13.6. The lowest BCUT2D eigenvalue weighted by Gasteiger charge is -2.15. The van der Waals surface area contributed by atoms with Crippen LogP contribution in [0.2, 0.25) is 0 Å². The molecule has 7 heteroatoms. The van der Waals surface area contributed by atoms with E-state index in [0.717, 1.165) is 5.56 Å². The number of nitrogens with one attached hydrogen (secondary N) is 1. The third-order valence-electron chi connectivity index (χ3n) is 4.09. The van der Waals surface area contributed by atoms with Crippen LogP contribution < -0.4 is 10.1 Å². The van der Waals surface area contributed by atoms with Crippen molar-refractivity contribution in [3.8, 4) is 5.75 Å². The topological polar surface area (TPSA) is 89.5 Å². The van der Waals surface area contributed by atoms with Crippen LogP contribution in [-0.4, -0.2) is 33.0 Å². The van der Waals surface area contributed by atoms with E-state index in [0.29, 0.717) is 16.9 Å². The van der Waals surface area contributed by atoms with Gasteiger partial charge >= 0.3 is 0 Å². The van der Waals surface area contributed by atoms with Gasteiger partial charge in [-0.1, -0.05) is 30.3 Å². The van der Waals surface area contributed by atoms with Crippen molar-refractivity contribution in [3.05, 3.63) is 65.2 Å². The van der Waals surface area contributed by atoms with Crippen LogP contribution in [-0.2, 0) is 20.4 Å². The molecule has 0 unspecified atom stereocenters. The Hall–Kier alpha value is -2.67. The average Bonchev–Trinajstić information content (AvgIpc) is 2.61. The van der Waals surface area contributed by atoms with E-state index in [4.69, 9.17) is 4.74 Å². The van der Waals surface area contributed by atoms with Gasteiger partial charge in [0.2, 0.25) is 5.91 Å². The predicted octanol–water partition coefficient (Wildman–Crippen LogP) is 2.69. The van der Waals surface area contributed by atoms with E-state index >= 15 is 0 Å². The third kappa shape index (κ3) is 5.92. The van der Waals surface area contributed by atoms with Crippen molar-refractivity contribution in [2.75, 3.05) is 12.9 Å². The number of ether oxygens (including phenoxy) is 1. The number of hydrogen-bond donors (Lipinski definition) is 1. The maximum atomic E-state index is 12.5. The minimum Gasteiger partial charge on any atom is -0.496 e. The minimum atomic E-state index is -3.74. The van der Waals surface area contributed by atoms with Gasteiger partial charge in [-0.25, -0.2) is 8.42 Å². The van der Waals surface area contributed by atoms with Gasteiger partial charge in [-0.05, 0) is 37.6 Å². The Balaban J connectivity index is 2.09. The van der Waals surface area contributed by atoms with Crippen molar-refractivity contribution in [2.24, 2.45) is 0 Å². The summed E-state index contributed by atoms with van der Waals surface area (Å²) in [4.78, 5) is 23.7. The van der Waals surface area contributed by atoms with Gasteiger partial charge < -0.3 is 10.1 Å². The Bertz CT molecular complexity index is 923. The molecule has 0 aliphatic heterocycles. The zero-order chi connectivity index (χ0) is 20.0. The van der Waals surface area contributed by atoms with Crippen molar-refractivity contribution >= 4 is 21.5 Å². The largest absolute Gasteiger partial charge is 0.496 e. The second-order valence-corrected chi connectivity index (χ2v) is 8.38. The van der Waals surface area contributed by atoms with Crippen LogP contribution in [0.3, 0.4) is 0 Å². The molecule has 1 amide bonds. The molecule has 0 aliphatic carbocycles. The molecular weight excluding hydrogens is 366 g/mol. The maximum absolute atomic E-state index is 12.5. The van der Waals surface area contributed by atoms with Gasteiger partial charge in [0.25, 0.3) is 0 Å². The fourth-order valence-corrected chi connectivity index (χ4v) is 3.99. The average molecular weight is 389 g/mol. The molecular formula is C20H23NO5S. The zero-order valence-corrected chi connectivity index (χ0v) is 16.4. The fourth-order valence-electron chi connectivity index (χ4n) is 2.71. The van der Waals surface area contributed by atoms with Crippen LogP contribution >= 0.6 is 0 Å². The van der Waals surface area contributed by atoms with Gasteiger partial charge in [0.05, 0.1) is 18.9 Å². The van der Waals surface area contributed by atoms with Crippen LogP contribution in [0.4, 0.5) is 0 Å². The van der Waals surface area contributed by atoms with E-state index in [-0.39, 0.29) is 17.6 Å². The molecule has 0 saturated carbocycles. The first-order chi connectivity index (χ1) is 12.7. The van der Waals surface area contributed by atoms with E-state index in [2.05, 4.69) is 5.32 Å². The van der Waals surface area contributed by atoms with E-state index in [1.165, 1.54) is 20.1 Å². The van der Waals surface area contributed by atoms with E-state index < -0.39 is 21.5 Å². The summed E-state index contributed by atoms with van der Waals surface area (Å²) in [7, 11) is -2.32. The molecule has 0 spiro atoms. The molecule has 27 heavy (non-hydrogen) atoms. The van der Waals surface area contributed by atoms with Crippen LogP contribution in [0.5, 0.6) is 5.75 Å². The third-order valence-corrected chi connectivity index (χ3v) is 5.54.